The minimum atomic E-state index is -0.380. The van der Waals surface area contributed by atoms with E-state index in [4.69, 9.17) is 4.74 Å². The summed E-state index contributed by atoms with van der Waals surface area (Å²) in [5.41, 5.74) is 0.963. The first-order valence-corrected chi connectivity index (χ1v) is 10.4. The van der Waals surface area contributed by atoms with Gasteiger partial charge in [-0.05, 0) is 37.2 Å². The first kappa shape index (κ1) is 23.2. The maximum absolute atomic E-state index is 13.0. The first-order valence-electron chi connectivity index (χ1n) is 10.4. The van der Waals surface area contributed by atoms with Crippen LogP contribution in [-0.2, 0) is 20.9 Å². The summed E-state index contributed by atoms with van der Waals surface area (Å²) in [5.74, 6) is -0.232. The lowest BCUT2D eigenvalue weighted by Crippen LogP contribution is -2.42. The Hall–Kier alpha value is -1.84. The van der Waals surface area contributed by atoms with E-state index in [9.17, 15) is 9.59 Å². The van der Waals surface area contributed by atoms with Gasteiger partial charge in [0.05, 0.1) is 5.92 Å². The molecule has 1 aromatic rings. The molecule has 1 atom stereocenters. The zero-order valence-corrected chi connectivity index (χ0v) is 17.7. The number of amides is 1. The smallest absolute Gasteiger partial charge is 0.309 e. The van der Waals surface area contributed by atoms with Gasteiger partial charge < -0.3 is 9.64 Å². The van der Waals surface area contributed by atoms with Crippen LogP contribution in [0.2, 0.25) is 0 Å². The lowest BCUT2D eigenvalue weighted by Gasteiger charge is -2.31. The summed E-state index contributed by atoms with van der Waals surface area (Å²) in [7, 11) is 0. The maximum atomic E-state index is 13.0. The Morgan fingerprint density at radius 2 is 1.67 bits per heavy atom. The molecular weight excluding hydrogens is 338 g/mol. The highest BCUT2D eigenvalue weighted by Crippen LogP contribution is 2.21. The van der Waals surface area contributed by atoms with Gasteiger partial charge in [0.25, 0.3) is 0 Å². The number of rotatable bonds is 12. The molecule has 1 aromatic carbocycles. The lowest BCUT2D eigenvalue weighted by molar-refractivity contribution is -0.154. The molecule has 152 valence electrons. The fraction of sp³-hybridized carbons (Fsp3) is 0.652. The summed E-state index contributed by atoms with van der Waals surface area (Å²) in [4.78, 5) is 27.6. The van der Waals surface area contributed by atoms with Crippen LogP contribution < -0.4 is 0 Å². The second-order valence-electron chi connectivity index (χ2n) is 7.68. The molecule has 0 aliphatic rings. The molecule has 0 heterocycles. The van der Waals surface area contributed by atoms with Crippen LogP contribution in [0.15, 0.2) is 30.3 Å². The van der Waals surface area contributed by atoms with Crippen LogP contribution in [0.5, 0.6) is 0 Å². The molecule has 0 saturated carbocycles. The van der Waals surface area contributed by atoms with Gasteiger partial charge in [0.15, 0.2) is 0 Å². The molecule has 0 aliphatic carbocycles. The van der Waals surface area contributed by atoms with Crippen molar-refractivity contribution in [3.8, 4) is 0 Å². The van der Waals surface area contributed by atoms with Crippen LogP contribution in [0.1, 0.15) is 72.3 Å². The molecule has 0 radical (unpaired) electrons. The Kier molecular flexibility index (Phi) is 10.8. The molecule has 1 amide bonds. The van der Waals surface area contributed by atoms with E-state index in [1.807, 2.05) is 35.2 Å². The Morgan fingerprint density at radius 1 is 1.04 bits per heavy atom. The van der Waals surface area contributed by atoms with E-state index in [1.165, 1.54) is 0 Å². The van der Waals surface area contributed by atoms with E-state index in [-0.39, 0.29) is 36.9 Å². The second kappa shape index (κ2) is 12.5. The van der Waals surface area contributed by atoms with Crippen molar-refractivity contribution >= 4 is 11.9 Å². The number of carbonyl (C=O) groups excluding carboxylic acids is 2. The van der Waals surface area contributed by atoms with Crippen LogP contribution in [-0.4, -0.2) is 29.4 Å². The number of hydrogen-bond acceptors (Lipinski definition) is 3. The summed E-state index contributed by atoms with van der Waals surface area (Å²) in [6.45, 7) is 11.5. The number of nitrogens with zero attached hydrogens (tertiary/aromatic N) is 1. The van der Waals surface area contributed by atoms with E-state index >= 15 is 0 Å². The van der Waals surface area contributed by atoms with E-state index in [0.717, 1.165) is 31.4 Å². The van der Waals surface area contributed by atoms with E-state index in [1.54, 1.807) is 0 Å². The van der Waals surface area contributed by atoms with E-state index in [0.29, 0.717) is 12.3 Å². The van der Waals surface area contributed by atoms with Crippen molar-refractivity contribution in [2.45, 2.75) is 79.4 Å². The number of carbonyl (C=O) groups is 2. The first-order chi connectivity index (χ1) is 12.9. The van der Waals surface area contributed by atoms with Crippen LogP contribution in [0, 0.1) is 11.8 Å². The van der Waals surface area contributed by atoms with Gasteiger partial charge in [-0.3, -0.25) is 9.59 Å². The summed E-state index contributed by atoms with van der Waals surface area (Å²) >= 11 is 0. The summed E-state index contributed by atoms with van der Waals surface area (Å²) < 4.78 is 5.54. The van der Waals surface area contributed by atoms with Gasteiger partial charge in [-0.2, -0.15) is 0 Å². The highest BCUT2D eigenvalue weighted by Gasteiger charge is 2.28. The Morgan fingerprint density at radius 3 is 2.19 bits per heavy atom. The SMILES string of the molecule is CCCN(C(=O)C[C@@H](CC(C)C)C(=O)OCc1ccccc1)C(CC)CC. The number of esters is 1. The molecule has 0 unspecified atom stereocenters. The molecule has 0 N–H and O–H groups in total. The van der Waals surface area contributed by atoms with Gasteiger partial charge in [0.2, 0.25) is 5.91 Å². The lowest BCUT2D eigenvalue weighted by atomic mass is 9.93. The largest absolute Gasteiger partial charge is 0.461 e. The van der Waals surface area contributed by atoms with Crippen molar-refractivity contribution in [2.75, 3.05) is 6.54 Å². The number of ether oxygens (including phenoxy) is 1. The molecule has 0 saturated heterocycles. The molecule has 0 aromatic heterocycles. The predicted molar refractivity (Wildman–Crippen MR) is 110 cm³/mol. The third-order valence-corrected chi connectivity index (χ3v) is 4.90. The summed E-state index contributed by atoms with van der Waals surface area (Å²) in [6, 6.07) is 9.91. The minimum absolute atomic E-state index is 0.0767. The third kappa shape index (κ3) is 8.15. The third-order valence-electron chi connectivity index (χ3n) is 4.90. The van der Waals surface area contributed by atoms with Crippen LogP contribution in [0.25, 0.3) is 0 Å². The van der Waals surface area contributed by atoms with Crippen LogP contribution in [0.4, 0.5) is 0 Å². The number of benzene rings is 1. The van der Waals surface area contributed by atoms with Crippen LogP contribution in [0.3, 0.4) is 0 Å². The fourth-order valence-electron chi connectivity index (χ4n) is 3.49. The van der Waals surface area contributed by atoms with Crippen molar-refractivity contribution in [3.05, 3.63) is 35.9 Å². The van der Waals surface area contributed by atoms with Crippen molar-refractivity contribution < 1.29 is 14.3 Å². The maximum Gasteiger partial charge on any atom is 0.309 e. The Bertz CT molecular complexity index is 552. The van der Waals surface area contributed by atoms with Crippen molar-refractivity contribution in [3.63, 3.8) is 0 Å². The Labute approximate surface area is 165 Å². The van der Waals surface area contributed by atoms with Gasteiger partial charge in [-0.15, -0.1) is 0 Å². The molecule has 27 heavy (non-hydrogen) atoms. The average Bonchev–Trinajstić information content (AvgIpc) is 2.66. The predicted octanol–water partition coefficient (Wildman–Crippen LogP) is 5.21. The molecule has 1 rings (SSSR count). The monoisotopic (exact) mass is 375 g/mol. The van der Waals surface area contributed by atoms with Gasteiger partial charge in [-0.1, -0.05) is 65.0 Å². The van der Waals surface area contributed by atoms with Gasteiger partial charge in [0.1, 0.15) is 6.61 Å². The average molecular weight is 376 g/mol. The fourth-order valence-corrected chi connectivity index (χ4v) is 3.49. The van der Waals surface area contributed by atoms with Crippen molar-refractivity contribution in [2.24, 2.45) is 11.8 Å². The molecule has 0 fully saturated rings. The van der Waals surface area contributed by atoms with E-state index < -0.39 is 0 Å². The standard InChI is InChI=1S/C23H37NO3/c1-6-14-24(21(7-2)8-3)22(25)16-20(15-18(4)5)23(26)27-17-19-12-10-9-11-13-19/h9-13,18,20-21H,6-8,14-17H2,1-5H3/t20-/m1/s1. The molecule has 0 spiro atoms. The zero-order chi connectivity index (χ0) is 20.2. The molecule has 0 aliphatic heterocycles. The molecule has 4 heteroatoms. The minimum Gasteiger partial charge on any atom is -0.461 e. The van der Waals surface area contributed by atoms with Gasteiger partial charge >= 0.3 is 5.97 Å². The zero-order valence-electron chi connectivity index (χ0n) is 17.7. The molecular formula is C23H37NO3. The highest BCUT2D eigenvalue weighted by atomic mass is 16.5. The summed E-state index contributed by atoms with van der Waals surface area (Å²) in [5, 5.41) is 0. The topological polar surface area (TPSA) is 46.6 Å². The number of hydrogen-bond donors (Lipinski definition) is 0. The highest BCUT2D eigenvalue weighted by molar-refractivity contribution is 5.83. The molecule has 4 nitrogen and oxygen atoms in total. The van der Waals surface area contributed by atoms with Crippen LogP contribution >= 0.6 is 0 Å². The summed E-state index contributed by atoms with van der Waals surface area (Å²) in [6.07, 6.45) is 3.71. The molecule has 0 bridgehead atoms. The van der Waals surface area contributed by atoms with E-state index in [2.05, 4.69) is 34.6 Å². The van der Waals surface area contributed by atoms with Crippen molar-refractivity contribution in [1.82, 2.24) is 4.90 Å². The van der Waals surface area contributed by atoms with Crippen molar-refractivity contribution in [1.29, 1.82) is 0 Å². The Balaban J connectivity index is 2.78. The van der Waals surface area contributed by atoms with Gasteiger partial charge in [0, 0.05) is 19.0 Å². The normalized spacial score (nSPS) is 12.3. The second-order valence-corrected chi connectivity index (χ2v) is 7.68. The quantitative estimate of drug-likeness (QED) is 0.471. The van der Waals surface area contributed by atoms with Gasteiger partial charge in [-0.25, -0.2) is 0 Å².